The lowest BCUT2D eigenvalue weighted by molar-refractivity contribution is 0.0661. The summed E-state index contributed by atoms with van der Waals surface area (Å²) >= 11 is 0. The first-order chi connectivity index (χ1) is 9.36. The molecule has 0 spiro atoms. The van der Waals surface area contributed by atoms with Gasteiger partial charge in [0.15, 0.2) is 0 Å². The van der Waals surface area contributed by atoms with Gasteiger partial charge in [-0.1, -0.05) is 13.3 Å². The Balaban J connectivity index is 2.29. The Morgan fingerprint density at radius 1 is 1.50 bits per heavy atom. The predicted molar refractivity (Wildman–Crippen MR) is 72.2 cm³/mol. The number of carboxylic acid groups (broad SMARTS) is 1. The van der Waals surface area contributed by atoms with Crippen LogP contribution in [0.1, 0.15) is 42.5 Å². The molecule has 1 fully saturated rings. The van der Waals surface area contributed by atoms with Gasteiger partial charge in [-0.05, 0) is 25.7 Å². The van der Waals surface area contributed by atoms with Gasteiger partial charge in [0, 0.05) is 19.2 Å². The highest BCUT2D eigenvalue weighted by atomic mass is 32.2. The van der Waals surface area contributed by atoms with Gasteiger partial charge >= 0.3 is 5.97 Å². The summed E-state index contributed by atoms with van der Waals surface area (Å²) in [5.74, 6) is -1.08. The molecule has 20 heavy (non-hydrogen) atoms. The summed E-state index contributed by atoms with van der Waals surface area (Å²) in [6.07, 6.45) is 3.25. The van der Waals surface area contributed by atoms with Crippen molar-refractivity contribution in [1.29, 1.82) is 0 Å². The minimum Gasteiger partial charge on any atom is -0.475 e. The van der Waals surface area contributed by atoms with Crippen molar-refractivity contribution in [2.75, 3.05) is 13.1 Å². The molecule has 1 aromatic rings. The average molecular weight is 301 g/mol. The maximum atomic E-state index is 12.6. The lowest BCUT2D eigenvalue weighted by Gasteiger charge is -2.31. The Morgan fingerprint density at radius 3 is 2.55 bits per heavy atom. The van der Waals surface area contributed by atoms with E-state index in [-0.39, 0.29) is 16.4 Å². The van der Waals surface area contributed by atoms with E-state index in [2.05, 4.69) is 0 Å². The summed E-state index contributed by atoms with van der Waals surface area (Å²) in [6.45, 7) is 4.11. The van der Waals surface area contributed by atoms with E-state index in [0.29, 0.717) is 19.0 Å². The molecule has 0 atom stereocenters. The number of hydrogen-bond donors (Lipinski definition) is 1. The molecule has 0 aliphatic heterocycles. The van der Waals surface area contributed by atoms with Gasteiger partial charge < -0.3 is 9.52 Å². The monoisotopic (exact) mass is 301 g/mol. The summed E-state index contributed by atoms with van der Waals surface area (Å²) in [6, 6.07) is 1.09. The first-order valence-electron chi connectivity index (χ1n) is 6.70. The highest BCUT2D eigenvalue weighted by molar-refractivity contribution is 7.89. The third kappa shape index (κ3) is 2.73. The Labute approximate surface area is 118 Å². The molecule has 0 bridgehead atoms. The zero-order valence-corrected chi connectivity index (χ0v) is 12.4. The van der Waals surface area contributed by atoms with Gasteiger partial charge in [-0.15, -0.1) is 0 Å². The van der Waals surface area contributed by atoms with E-state index < -0.39 is 16.0 Å². The van der Waals surface area contributed by atoms with E-state index in [1.165, 1.54) is 11.2 Å². The summed E-state index contributed by atoms with van der Waals surface area (Å²) in [4.78, 5) is 10.8. The van der Waals surface area contributed by atoms with Crippen LogP contribution in [0.25, 0.3) is 0 Å². The van der Waals surface area contributed by atoms with Gasteiger partial charge in [0.05, 0.1) is 0 Å². The van der Waals surface area contributed by atoms with E-state index >= 15 is 0 Å². The maximum Gasteiger partial charge on any atom is 0.371 e. The van der Waals surface area contributed by atoms with Crippen molar-refractivity contribution in [3.05, 3.63) is 17.6 Å². The van der Waals surface area contributed by atoms with Crippen LogP contribution in [0.5, 0.6) is 0 Å². The first-order valence-corrected chi connectivity index (χ1v) is 8.14. The second kappa shape index (κ2) is 5.57. The molecule has 0 aromatic carbocycles. The van der Waals surface area contributed by atoms with Gasteiger partial charge in [0.25, 0.3) is 0 Å². The van der Waals surface area contributed by atoms with Crippen LogP contribution in [-0.2, 0) is 10.0 Å². The molecule has 1 aromatic heterocycles. The second-order valence-corrected chi connectivity index (χ2v) is 7.00. The molecule has 1 aliphatic carbocycles. The van der Waals surface area contributed by atoms with E-state index in [1.54, 1.807) is 6.92 Å². The number of carboxylic acids is 1. The van der Waals surface area contributed by atoms with Crippen molar-refractivity contribution in [3.63, 3.8) is 0 Å². The van der Waals surface area contributed by atoms with E-state index in [4.69, 9.17) is 9.52 Å². The van der Waals surface area contributed by atoms with Crippen molar-refractivity contribution in [2.24, 2.45) is 5.92 Å². The van der Waals surface area contributed by atoms with Crippen molar-refractivity contribution in [1.82, 2.24) is 4.31 Å². The summed E-state index contributed by atoms with van der Waals surface area (Å²) in [7, 11) is -3.69. The minimum absolute atomic E-state index is 0.0453. The topological polar surface area (TPSA) is 87.8 Å². The minimum atomic E-state index is -3.69. The van der Waals surface area contributed by atoms with E-state index in [9.17, 15) is 13.2 Å². The van der Waals surface area contributed by atoms with Gasteiger partial charge in [0.1, 0.15) is 10.7 Å². The van der Waals surface area contributed by atoms with E-state index in [1.807, 2.05) is 0 Å². The molecule has 1 heterocycles. The third-order valence-electron chi connectivity index (χ3n) is 3.74. The standard InChI is InChI=1S/C13H19NO5S/c1-3-14(8-10-5-4-6-10)20(17,18)12-7-11(13(15)16)19-9(12)2/h7,10H,3-6,8H2,1-2H3,(H,15,16). The van der Waals surface area contributed by atoms with Crippen molar-refractivity contribution >= 4 is 16.0 Å². The lowest BCUT2D eigenvalue weighted by atomic mass is 9.85. The zero-order chi connectivity index (χ0) is 14.9. The number of rotatable bonds is 6. The number of sulfonamides is 1. The van der Waals surface area contributed by atoms with Crippen LogP contribution in [0.15, 0.2) is 15.4 Å². The lowest BCUT2D eigenvalue weighted by Crippen LogP contribution is -2.37. The molecule has 2 rings (SSSR count). The number of aromatic carboxylic acids is 1. The number of hydrogen-bond acceptors (Lipinski definition) is 4. The molecule has 0 radical (unpaired) electrons. The number of furan rings is 1. The highest BCUT2D eigenvalue weighted by Gasteiger charge is 2.32. The van der Waals surface area contributed by atoms with Crippen LogP contribution in [0, 0.1) is 12.8 Å². The predicted octanol–water partition coefficient (Wildman–Crippen LogP) is 2.10. The van der Waals surface area contributed by atoms with Crippen LogP contribution < -0.4 is 0 Å². The van der Waals surface area contributed by atoms with Crippen LogP contribution in [-0.4, -0.2) is 36.9 Å². The van der Waals surface area contributed by atoms with Crippen LogP contribution in [0.2, 0.25) is 0 Å². The van der Waals surface area contributed by atoms with Crippen molar-refractivity contribution in [3.8, 4) is 0 Å². The summed E-state index contributed by atoms with van der Waals surface area (Å²) < 4.78 is 31.5. The van der Waals surface area contributed by atoms with Gasteiger partial charge in [0.2, 0.25) is 15.8 Å². The number of nitrogens with zero attached hydrogens (tertiary/aromatic N) is 1. The normalized spacial score (nSPS) is 16.4. The smallest absolute Gasteiger partial charge is 0.371 e. The highest BCUT2D eigenvalue weighted by Crippen LogP contribution is 2.30. The number of carbonyl (C=O) groups is 1. The Hall–Kier alpha value is -1.34. The van der Waals surface area contributed by atoms with Gasteiger partial charge in [-0.3, -0.25) is 0 Å². The summed E-state index contributed by atoms with van der Waals surface area (Å²) in [5.41, 5.74) is 0. The van der Waals surface area contributed by atoms with Crippen LogP contribution >= 0.6 is 0 Å². The molecule has 0 unspecified atom stereocenters. The molecule has 1 aliphatic rings. The third-order valence-corrected chi connectivity index (χ3v) is 5.79. The summed E-state index contributed by atoms with van der Waals surface area (Å²) in [5, 5.41) is 8.87. The maximum absolute atomic E-state index is 12.6. The molecular formula is C13H19NO5S. The van der Waals surface area contributed by atoms with Crippen LogP contribution in [0.3, 0.4) is 0 Å². The number of aryl methyl sites for hydroxylation is 1. The largest absolute Gasteiger partial charge is 0.475 e. The molecule has 0 saturated heterocycles. The second-order valence-electron chi connectivity index (χ2n) is 5.09. The van der Waals surface area contributed by atoms with Gasteiger partial charge in [-0.2, -0.15) is 4.31 Å². The van der Waals surface area contributed by atoms with E-state index in [0.717, 1.165) is 25.3 Å². The zero-order valence-electron chi connectivity index (χ0n) is 11.6. The fourth-order valence-electron chi connectivity index (χ4n) is 2.33. The Morgan fingerprint density at radius 2 is 2.15 bits per heavy atom. The SMILES string of the molecule is CCN(CC1CCC1)S(=O)(=O)c1cc(C(=O)O)oc1C. The fraction of sp³-hybridized carbons (Fsp3) is 0.615. The van der Waals surface area contributed by atoms with Crippen LogP contribution in [0.4, 0.5) is 0 Å². The fourth-order valence-corrected chi connectivity index (χ4v) is 4.01. The molecule has 0 amide bonds. The van der Waals surface area contributed by atoms with Gasteiger partial charge in [-0.25, -0.2) is 13.2 Å². The average Bonchev–Trinajstić information content (AvgIpc) is 2.70. The van der Waals surface area contributed by atoms with Crippen molar-refractivity contribution in [2.45, 2.75) is 38.0 Å². The molecule has 1 N–H and O–H groups in total. The molecular weight excluding hydrogens is 282 g/mol. The quantitative estimate of drug-likeness (QED) is 0.869. The Kier molecular flexibility index (Phi) is 4.19. The molecule has 6 nitrogen and oxygen atoms in total. The Bertz CT molecular complexity index is 600. The molecule has 1 saturated carbocycles. The molecule has 7 heteroatoms. The first kappa shape index (κ1) is 15.1. The van der Waals surface area contributed by atoms with Crippen molar-refractivity contribution < 1.29 is 22.7 Å². The molecule has 112 valence electrons.